The number of rotatable bonds is 7. The Hall–Kier alpha value is -1.69. The fraction of sp³-hybridized carbons (Fsp3) is 0.333. The second-order valence-electron chi connectivity index (χ2n) is 4.22. The summed E-state index contributed by atoms with van der Waals surface area (Å²) >= 11 is 0. The number of aliphatic carboxylic acids is 1. The number of carboxylic acid groups (broad SMARTS) is 1. The first-order chi connectivity index (χ1) is 9.28. The zero-order valence-corrected chi connectivity index (χ0v) is 11.4. The summed E-state index contributed by atoms with van der Waals surface area (Å²) in [6.07, 6.45) is -1.40. The maximum absolute atomic E-state index is 11.6. The highest BCUT2D eigenvalue weighted by Gasteiger charge is 2.14. The van der Waals surface area contributed by atoms with Gasteiger partial charge in [0.15, 0.2) is 0 Å². The van der Waals surface area contributed by atoms with Crippen molar-refractivity contribution >= 4 is 19.5 Å². The van der Waals surface area contributed by atoms with Crippen LogP contribution in [0.1, 0.15) is 12.0 Å². The topological polar surface area (TPSA) is 132 Å². The molecular weight excluding hydrogens is 285 g/mol. The summed E-state index contributed by atoms with van der Waals surface area (Å²) in [5.41, 5.74) is 0.681. The van der Waals surface area contributed by atoms with Gasteiger partial charge in [-0.25, -0.2) is 0 Å². The second-order valence-corrected chi connectivity index (χ2v) is 5.89. The molecule has 0 saturated heterocycles. The maximum atomic E-state index is 11.6. The van der Waals surface area contributed by atoms with Crippen molar-refractivity contribution in [2.75, 3.05) is 6.16 Å². The van der Waals surface area contributed by atoms with E-state index in [1.807, 2.05) is 0 Å². The van der Waals surface area contributed by atoms with Crippen LogP contribution >= 0.6 is 7.60 Å². The highest BCUT2D eigenvalue weighted by atomic mass is 31.2. The Labute approximate surface area is 115 Å². The van der Waals surface area contributed by atoms with Crippen LogP contribution in [0.2, 0.25) is 0 Å². The molecule has 0 heterocycles. The number of nitrogens with one attached hydrogen (secondary N) is 1. The fourth-order valence-corrected chi connectivity index (χ4v) is 2.14. The number of carbonyl (C=O) groups is 2. The number of amides is 1. The summed E-state index contributed by atoms with van der Waals surface area (Å²) in [6.45, 7) is 0. The molecule has 0 aliphatic carbocycles. The molecule has 1 rings (SSSR count). The third-order valence-corrected chi connectivity index (χ3v) is 3.32. The first-order valence-electron chi connectivity index (χ1n) is 5.83. The van der Waals surface area contributed by atoms with E-state index < -0.39 is 38.1 Å². The molecule has 8 heteroatoms. The third-order valence-electron chi connectivity index (χ3n) is 2.52. The first-order valence-corrected chi connectivity index (χ1v) is 7.56. The molecule has 0 spiro atoms. The van der Waals surface area contributed by atoms with E-state index in [1.165, 1.54) is 0 Å². The van der Waals surface area contributed by atoms with Crippen molar-refractivity contribution in [1.82, 2.24) is 5.32 Å². The molecule has 0 aromatic heterocycles. The van der Waals surface area contributed by atoms with E-state index in [-0.39, 0.29) is 6.42 Å². The molecule has 1 N–H and O–H groups in total. The summed E-state index contributed by atoms with van der Waals surface area (Å²) in [7, 11) is -4.81. The largest absolute Gasteiger partial charge is 0.811 e. The van der Waals surface area contributed by atoms with Crippen LogP contribution in [0.15, 0.2) is 30.3 Å². The van der Waals surface area contributed by atoms with Gasteiger partial charge in [0.1, 0.15) is 0 Å². The maximum Gasteiger partial charge on any atom is 0.224 e. The van der Waals surface area contributed by atoms with Crippen molar-refractivity contribution in [3.05, 3.63) is 35.9 Å². The van der Waals surface area contributed by atoms with E-state index in [9.17, 15) is 29.0 Å². The standard InChI is InChI=1S/C12H16NO6P/c14-11(8-9-4-2-1-3-5-9)13-10(12(15)16)6-7-20(17,18)19/h1-5,10H,6-8H2,(H,13,14)(H,15,16)(H2,17,18,19)/p-3/t10-/m0/s1. The smallest absolute Gasteiger partial charge is 0.224 e. The third kappa shape index (κ3) is 6.47. The molecule has 110 valence electrons. The van der Waals surface area contributed by atoms with Crippen LogP contribution in [-0.4, -0.2) is 24.1 Å². The van der Waals surface area contributed by atoms with Crippen molar-refractivity contribution in [3.63, 3.8) is 0 Å². The molecule has 7 nitrogen and oxygen atoms in total. The summed E-state index contributed by atoms with van der Waals surface area (Å²) in [4.78, 5) is 43.4. The van der Waals surface area contributed by atoms with Gasteiger partial charge in [0.2, 0.25) is 5.91 Å². The average Bonchev–Trinajstić information content (AvgIpc) is 2.34. The zero-order valence-electron chi connectivity index (χ0n) is 10.5. The highest BCUT2D eigenvalue weighted by Crippen LogP contribution is 2.24. The van der Waals surface area contributed by atoms with Gasteiger partial charge in [0.05, 0.1) is 18.4 Å². The minimum absolute atomic E-state index is 0.0446. The van der Waals surface area contributed by atoms with Crippen molar-refractivity contribution < 1.29 is 29.0 Å². The molecule has 1 aromatic carbocycles. The number of hydrogen-bond acceptors (Lipinski definition) is 6. The molecular formula is C12H13NO6P-3. The predicted octanol–water partition coefficient (Wildman–Crippen LogP) is -2.23. The fourth-order valence-electron chi connectivity index (χ4n) is 1.56. The highest BCUT2D eigenvalue weighted by molar-refractivity contribution is 7.48. The van der Waals surface area contributed by atoms with Gasteiger partial charge < -0.3 is 29.6 Å². The predicted molar refractivity (Wildman–Crippen MR) is 64.2 cm³/mol. The van der Waals surface area contributed by atoms with Gasteiger partial charge in [-0.15, -0.1) is 0 Å². The van der Waals surface area contributed by atoms with E-state index >= 15 is 0 Å². The minimum Gasteiger partial charge on any atom is -0.811 e. The van der Waals surface area contributed by atoms with Crippen LogP contribution in [0.4, 0.5) is 0 Å². The second kappa shape index (κ2) is 7.19. The molecule has 20 heavy (non-hydrogen) atoms. The zero-order chi connectivity index (χ0) is 15.2. The van der Waals surface area contributed by atoms with E-state index in [2.05, 4.69) is 5.32 Å². The van der Waals surface area contributed by atoms with Crippen molar-refractivity contribution in [3.8, 4) is 0 Å². The lowest BCUT2D eigenvalue weighted by atomic mass is 10.1. The Bertz CT molecular complexity index is 512. The van der Waals surface area contributed by atoms with Crippen LogP contribution < -0.4 is 20.2 Å². The van der Waals surface area contributed by atoms with Gasteiger partial charge in [-0.2, -0.15) is 0 Å². The Kier molecular flexibility index (Phi) is 5.88. The van der Waals surface area contributed by atoms with E-state index in [0.29, 0.717) is 5.56 Å². The normalized spacial score (nSPS) is 12.7. The van der Waals surface area contributed by atoms with E-state index in [0.717, 1.165) is 0 Å². The van der Waals surface area contributed by atoms with Gasteiger partial charge in [-0.05, 0) is 18.1 Å². The Morgan fingerprint density at radius 3 is 2.30 bits per heavy atom. The minimum atomic E-state index is -4.81. The lowest BCUT2D eigenvalue weighted by Gasteiger charge is -2.31. The molecule has 0 aliphatic rings. The molecule has 1 atom stereocenters. The number of carboxylic acids is 1. The number of carbonyl (C=O) groups excluding carboxylic acids is 2. The van der Waals surface area contributed by atoms with Crippen LogP contribution in [0.25, 0.3) is 0 Å². The summed E-state index contributed by atoms with van der Waals surface area (Å²) in [5.74, 6) is -2.21. The average molecular weight is 298 g/mol. The van der Waals surface area contributed by atoms with Crippen LogP contribution in [-0.2, 0) is 20.6 Å². The first kappa shape index (κ1) is 16.4. The van der Waals surface area contributed by atoms with Crippen LogP contribution in [0.3, 0.4) is 0 Å². The molecule has 0 saturated carbocycles. The van der Waals surface area contributed by atoms with Crippen LogP contribution in [0.5, 0.6) is 0 Å². The van der Waals surface area contributed by atoms with Gasteiger partial charge in [0, 0.05) is 0 Å². The van der Waals surface area contributed by atoms with Crippen LogP contribution in [0, 0.1) is 0 Å². The quantitative estimate of drug-likeness (QED) is 0.566. The molecule has 0 unspecified atom stereocenters. The molecule has 1 aromatic rings. The monoisotopic (exact) mass is 298 g/mol. The van der Waals surface area contributed by atoms with Crippen molar-refractivity contribution in [2.24, 2.45) is 0 Å². The van der Waals surface area contributed by atoms with Gasteiger partial charge in [-0.1, -0.05) is 37.9 Å². The summed E-state index contributed by atoms with van der Waals surface area (Å²) in [6, 6.07) is 7.11. The van der Waals surface area contributed by atoms with Gasteiger partial charge >= 0.3 is 0 Å². The SMILES string of the molecule is O=C(Cc1ccccc1)N[C@@H](CCP(=O)([O-])[O-])C(=O)[O-]. The van der Waals surface area contributed by atoms with Crippen molar-refractivity contribution in [1.29, 1.82) is 0 Å². The number of hydrogen-bond donors (Lipinski definition) is 1. The summed E-state index contributed by atoms with van der Waals surface area (Å²) < 4.78 is 10.5. The van der Waals surface area contributed by atoms with Gasteiger partial charge in [-0.3, -0.25) is 4.79 Å². The Morgan fingerprint density at radius 1 is 1.20 bits per heavy atom. The lowest BCUT2D eigenvalue weighted by Crippen LogP contribution is -2.49. The molecule has 0 bridgehead atoms. The molecule has 0 fully saturated rings. The van der Waals surface area contributed by atoms with Gasteiger partial charge in [0.25, 0.3) is 0 Å². The van der Waals surface area contributed by atoms with E-state index in [4.69, 9.17) is 0 Å². The van der Waals surface area contributed by atoms with E-state index in [1.54, 1.807) is 30.3 Å². The molecule has 0 radical (unpaired) electrons. The molecule has 1 amide bonds. The van der Waals surface area contributed by atoms with Crippen molar-refractivity contribution in [2.45, 2.75) is 18.9 Å². The summed E-state index contributed by atoms with van der Waals surface area (Å²) in [5, 5.41) is 12.9. The Morgan fingerprint density at radius 2 is 1.80 bits per heavy atom. The Balaban J connectivity index is 2.55. The number of benzene rings is 1. The lowest BCUT2D eigenvalue weighted by molar-refractivity contribution is -0.314. The molecule has 0 aliphatic heterocycles.